The standard InChI is InChI=1S/C12H14BrCl2NO/c1-12(2,7-13)16(3)11(17)10-8(14)5-4-6-9(10)15/h4-6H,7H2,1-3H3. The Balaban J connectivity index is 3.14. The SMILES string of the molecule is CN(C(=O)c1c(Cl)cccc1Cl)C(C)(C)CBr. The molecule has 0 unspecified atom stereocenters. The maximum atomic E-state index is 12.3. The van der Waals surface area contributed by atoms with Crippen LogP contribution in [0.15, 0.2) is 18.2 Å². The van der Waals surface area contributed by atoms with Crippen molar-refractivity contribution in [1.29, 1.82) is 0 Å². The molecule has 17 heavy (non-hydrogen) atoms. The van der Waals surface area contributed by atoms with Gasteiger partial charge in [0.05, 0.1) is 15.6 Å². The van der Waals surface area contributed by atoms with Gasteiger partial charge in [0.2, 0.25) is 0 Å². The number of rotatable bonds is 3. The fourth-order valence-corrected chi connectivity index (χ4v) is 2.17. The molecule has 0 saturated heterocycles. The van der Waals surface area contributed by atoms with Crippen molar-refractivity contribution in [3.05, 3.63) is 33.8 Å². The fourth-order valence-electron chi connectivity index (χ4n) is 1.23. The van der Waals surface area contributed by atoms with Gasteiger partial charge in [-0.15, -0.1) is 0 Å². The molecule has 1 aromatic carbocycles. The zero-order valence-corrected chi connectivity index (χ0v) is 13.0. The first-order chi connectivity index (χ1) is 7.81. The van der Waals surface area contributed by atoms with E-state index < -0.39 is 0 Å². The minimum atomic E-state index is -0.306. The lowest BCUT2D eigenvalue weighted by Gasteiger charge is -2.34. The quantitative estimate of drug-likeness (QED) is 0.755. The van der Waals surface area contributed by atoms with Gasteiger partial charge in [-0.3, -0.25) is 4.79 Å². The van der Waals surface area contributed by atoms with Crippen LogP contribution in [0.1, 0.15) is 24.2 Å². The molecule has 1 aromatic rings. The second kappa shape index (κ2) is 5.59. The first kappa shape index (κ1) is 14.8. The monoisotopic (exact) mass is 337 g/mol. The van der Waals surface area contributed by atoms with E-state index in [0.717, 1.165) is 0 Å². The predicted molar refractivity (Wildman–Crippen MR) is 76.4 cm³/mol. The number of benzene rings is 1. The topological polar surface area (TPSA) is 20.3 Å². The highest BCUT2D eigenvalue weighted by molar-refractivity contribution is 9.09. The molecule has 2 nitrogen and oxygen atoms in total. The second-order valence-electron chi connectivity index (χ2n) is 4.41. The first-order valence-electron chi connectivity index (χ1n) is 5.09. The van der Waals surface area contributed by atoms with Gasteiger partial charge in [-0.05, 0) is 26.0 Å². The van der Waals surface area contributed by atoms with Gasteiger partial charge in [0.1, 0.15) is 0 Å². The number of amides is 1. The lowest BCUT2D eigenvalue weighted by atomic mass is 10.0. The largest absolute Gasteiger partial charge is 0.336 e. The Morgan fingerprint density at radius 1 is 1.35 bits per heavy atom. The second-order valence-corrected chi connectivity index (χ2v) is 5.78. The highest BCUT2D eigenvalue weighted by atomic mass is 79.9. The Morgan fingerprint density at radius 2 is 1.82 bits per heavy atom. The van der Waals surface area contributed by atoms with E-state index in [1.54, 1.807) is 30.1 Å². The van der Waals surface area contributed by atoms with Crippen molar-refractivity contribution in [2.45, 2.75) is 19.4 Å². The van der Waals surface area contributed by atoms with Crippen LogP contribution >= 0.6 is 39.1 Å². The summed E-state index contributed by atoms with van der Waals surface area (Å²) in [7, 11) is 1.74. The molecule has 0 spiro atoms. The van der Waals surface area contributed by atoms with Crippen LogP contribution < -0.4 is 0 Å². The lowest BCUT2D eigenvalue weighted by Crippen LogP contribution is -2.46. The molecular weight excluding hydrogens is 325 g/mol. The van der Waals surface area contributed by atoms with E-state index in [1.165, 1.54) is 0 Å². The molecule has 0 aliphatic heterocycles. The summed E-state index contributed by atoms with van der Waals surface area (Å²) >= 11 is 15.4. The number of alkyl halides is 1. The summed E-state index contributed by atoms with van der Waals surface area (Å²) in [5.41, 5.74) is 0.0481. The van der Waals surface area contributed by atoms with Crippen LogP contribution in [0.25, 0.3) is 0 Å². The third-order valence-electron chi connectivity index (χ3n) is 2.72. The van der Waals surface area contributed by atoms with Gasteiger partial charge in [0.25, 0.3) is 5.91 Å². The molecule has 0 bridgehead atoms. The molecule has 0 N–H and O–H groups in total. The van der Waals surface area contributed by atoms with E-state index in [2.05, 4.69) is 15.9 Å². The number of hydrogen-bond acceptors (Lipinski definition) is 1. The Labute approximate surface area is 120 Å². The molecule has 0 saturated carbocycles. The van der Waals surface area contributed by atoms with Crippen molar-refractivity contribution < 1.29 is 4.79 Å². The van der Waals surface area contributed by atoms with Crippen molar-refractivity contribution in [3.63, 3.8) is 0 Å². The Hall–Kier alpha value is -0.250. The molecule has 0 aliphatic rings. The summed E-state index contributed by atoms with van der Waals surface area (Å²) in [6.07, 6.45) is 0. The van der Waals surface area contributed by atoms with E-state index in [1.807, 2.05) is 13.8 Å². The minimum absolute atomic E-state index is 0.176. The van der Waals surface area contributed by atoms with Crippen LogP contribution in [-0.2, 0) is 0 Å². The number of carbonyl (C=O) groups is 1. The Bertz CT molecular complexity index is 414. The fraction of sp³-hybridized carbons (Fsp3) is 0.417. The van der Waals surface area contributed by atoms with Gasteiger partial charge in [-0.1, -0.05) is 45.2 Å². The third-order valence-corrected chi connectivity index (χ3v) is 4.72. The molecule has 5 heteroatoms. The predicted octanol–water partition coefficient (Wildman–Crippen LogP) is 4.24. The maximum Gasteiger partial charge on any atom is 0.257 e. The van der Waals surface area contributed by atoms with Crippen molar-refractivity contribution in [2.75, 3.05) is 12.4 Å². The van der Waals surface area contributed by atoms with Crippen molar-refractivity contribution in [3.8, 4) is 0 Å². The van der Waals surface area contributed by atoms with Gasteiger partial charge < -0.3 is 4.90 Å². The van der Waals surface area contributed by atoms with E-state index >= 15 is 0 Å². The molecule has 1 rings (SSSR count). The van der Waals surface area contributed by atoms with E-state index in [9.17, 15) is 4.79 Å². The molecule has 0 atom stereocenters. The molecule has 0 aliphatic carbocycles. The van der Waals surface area contributed by atoms with Gasteiger partial charge in [0.15, 0.2) is 0 Å². The summed E-state index contributed by atoms with van der Waals surface area (Å²) in [4.78, 5) is 14.0. The number of halogens is 3. The van der Waals surface area contributed by atoms with Gasteiger partial charge in [-0.2, -0.15) is 0 Å². The molecule has 0 radical (unpaired) electrons. The van der Waals surface area contributed by atoms with Crippen LogP contribution in [0, 0.1) is 0 Å². The lowest BCUT2D eigenvalue weighted by molar-refractivity contribution is 0.0664. The van der Waals surface area contributed by atoms with Crippen molar-refractivity contribution >= 4 is 45.0 Å². The number of nitrogens with zero attached hydrogens (tertiary/aromatic N) is 1. The average molecular weight is 339 g/mol. The zero-order chi connectivity index (χ0) is 13.2. The zero-order valence-electron chi connectivity index (χ0n) is 9.93. The summed E-state index contributed by atoms with van der Waals surface area (Å²) in [6, 6.07) is 5.04. The molecule has 0 fully saturated rings. The highest BCUT2D eigenvalue weighted by Gasteiger charge is 2.29. The molecule has 1 amide bonds. The maximum absolute atomic E-state index is 12.3. The van der Waals surface area contributed by atoms with Gasteiger partial charge in [-0.25, -0.2) is 0 Å². The average Bonchev–Trinajstić information content (AvgIpc) is 2.27. The normalized spacial score (nSPS) is 11.4. The van der Waals surface area contributed by atoms with Crippen LogP contribution in [0.2, 0.25) is 10.0 Å². The van der Waals surface area contributed by atoms with E-state index in [0.29, 0.717) is 20.9 Å². The van der Waals surface area contributed by atoms with Crippen molar-refractivity contribution in [2.24, 2.45) is 0 Å². The summed E-state index contributed by atoms with van der Waals surface area (Å²) in [6.45, 7) is 3.93. The van der Waals surface area contributed by atoms with Crippen LogP contribution in [-0.4, -0.2) is 28.7 Å². The number of hydrogen-bond donors (Lipinski definition) is 0. The Kier molecular flexibility index (Phi) is 4.87. The Morgan fingerprint density at radius 3 is 2.24 bits per heavy atom. The highest BCUT2D eigenvalue weighted by Crippen LogP contribution is 2.28. The van der Waals surface area contributed by atoms with Gasteiger partial charge >= 0.3 is 0 Å². The summed E-state index contributed by atoms with van der Waals surface area (Å²) in [5, 5.41) is 1.42. The first-order valence-corrected chi connectivity index (χ1v) is 6.97. The van der Waals surface area contributed by atoms with Gasteiger partial charge in [0, 0.05) is 17.9 Å². The smallest absolute Gasteiger partial charge is 0.257 e. The van der Waals surface area contributed by atoms with Crippen LogP contribution in [0.3, 0.4) is 0 Å². The van der Waals surface area contributed by atoms with E-state index in [-0.39, 0.29) is 11.4 Å². The molecule has 0 heterocycles. The molecule has 0 aromatic heterocycles. The molecule has 94 valence electrons. The van der Waals surface area contributed by atoms with E-state index in [4.69, 9.17) is 23.2 Å². The summed E-state index contributed by atoms with van der Waals surface area (Å²) < 4.78 is 0. The molecular formula is C12H14BrCl2NO. The third kappa shape index (κ3) is 3.15. The van der Waals surface area contributed by atoms with Crippen molar-refractivity contribution in [1.82, 2.24) is 4.90 Å². The van der Waals surface area contributed by atoms with Crippen LogP contribution in [0.4, 0.5) is 0 Å². The minimum Gasteiger partial charge on any atom is -0.336 e. The number of carbonyl (C=O) groups excluding carboxylic acids is 1. The van der Waals surface area contributed by atoms with Crippen LogP contribution in [0.5, 0.6) is 0 Å². The summed E-state index contributed by atoms with van der Waals surface area (Å²) in [5.74, 6) is -0.176.